The van der Waals surface area contributed by atoms with E-state index < -0.39 is 4.92 Å². The largest absolute Gasteiger partial charge is 0.362 e. The summed E-state index contributed by atoms with van der Waals surface area (Å²) in [6, 6.07) is 4.46. The predicted octanol–water partition coefficient (Wildman–Crippen LogP) is 1.01. The summed E-state index contributed by atoms with van der Waals surface area (Å²) in [7, 11) is 1.48. The molecule has 1 N–H and O–H groups in total. The molecule has 1 aliphatic rings. The third-order valence-corrected chi connectivity index (χ3v) is 3.94. The fraction of sp³-hybridized carbons (Fsp3) is 0.467. The molecule has 0 atom stereocenters. The van der Waals surface area contributed by atoms with Crippen LogP contribution in [0.15, 0.2) is 18.2 Å². The first-order valence-corrected chi connectivity index (χ1v) is 7.51. The molecule has 0 aromatic heterocycles. The number of nitrogens with one attached hydrogen (secondary N) is 1. The highest BCUT2D eigenvalue weighted by Gasteiger charge is 2.26. The third-order valence-electron chi connectivity index (χ3n) is 3.94. The quantitative estimate of drug-likeness (QED) is 0.660. The molecular weight excluding hydrogens is 300 g/mol. The van der Waals surface area contributed by atoms with Gasteiger partial charge in [0.15, 0.2) is 0 Å². The Morgan fingerprint density at radius 3 is 2.43 bits per heavy atom. The lowest BCUT2D eigenvalue weighted by atomic mass is 10.1. The molecule has 2 amide bonds. The average molecular weight is 320 g/mol. The van der Waals surface area contributed by atoms with Crippen molar-refractivity contribution in [1.29, 1.82) is 0 Å². The molecule has 0 saturated carbocycles. The van der Waals surface area contributed by atoms with E-state index in [1.165, 1.54) is 13.1 Å². The summed E-state index contributed by atoms with van der Waals surface area (Å²) < 4.78 is 0. The van der Waals surface area contributed by atoms with E-state index in [1.807, 2.05) is 11.8 Å². The van der Waals surface area contributed by atoms with Gasteiger partial charge in [-0.25, -0.2) is 0 Å². The van der Waals surface area contributed by atoms with Crippen molar-refractivity contribution in [3.8, 4) is 0 Å². The summed E-state index contributed by atoms with van der Waals surface area (Å²) in [4.78, 5) is 37.8. The lowest BCUT2D eigenvalue weighted by molar-refractivity contribution is -0.384. The number of anilines is 1. The number of amides is 2. The van der Waals surface area contributed by atoms with Crippen LogP contribution in [0, 0.1) is 10.1 Å². The van der Waals surface area contributed by atoms with Crippen LogP contribution in [0.1, 0.15) is 23.7 Å². The standard InChI is InChI=1S/C15H20N4O4/c1-3-14(20)18-8-6-17(7-9-18)12-5-4-11(15(21)16-2)10-13(12)19(22)23/h4-5,10H,3,6-9H2,1-2H3,(H,16,21). The molecule has 1 aliphatic heterocycles. The van der Waals surface area contributed by atoms with Crippen LogP contribution in [0.2, 0.25) is 0 Å². The number of piperazine rings is 1. The van der Waals surface area contributed by atoms with Gasteiger partial charge in [0.2, 0.25) is 5.91 Å². The topological polar surface area (TPSA) is 95.8 Å². The smallest absolute Gasteiger partial charge is 0.293 e. The summed E-state index contributed by atoms with van der Waals surface area (Å²) in [5.74, 6) is -0.271. The van der Waals surface area contributed by atoms with Crippen molar-refractivity contribution in [3.05, 3.63) is 33.9 Å². The predicted molar refractivity (Wildman–Crippen MR) is 85.6 cm³/mol. The van der Waals surface area contributed by atoms with Crippen molar-refractivity contribution < 1.29 is 14.5 Å². The molecule has 2 rings (SSSR count). The van der Waals surface area contributed by atoms with Crippen LogP contribution in [-0.2, 0) is 4.79 Å². The van der Waals surface area contributed by atoms with Crippen LogP contribution in [0.4, 0.5) is 11.4 Å². The van der Waals surface area contributed by atoms with Crippen molar-refractivity contribution in [2.24, 2.45) is 0 Å². The van der Waals surface area contributed by atoms with E-state index >= 15 is 0 Å². The second kappa shape index (κ2) is 7.08. The van der Waals surface area contributed by atoms with Crippen molar-refractivity contribution in [2.45, 2.75) is 13.3 Å². The second-order valence-corrected chi connectivity index (χ2v) is 5.26. The van der Waals surface area contributed by atoms with E-state index in [1.54, 1.807) is 17.0 Å². The summed E-state index contributed by atoms with van der Waals surface area (Å²) >= 11 is 0. The summed E-state index contributed by atoms with van der Waals surface area (Å²) in [5.41, 5.74) is 0.635. The lowest BCUT2D eigenvalue weighted by Crippen LogP contribution is -2.48. The SMILES string of the molecule is CCC(=O)N1CCN(c2ccc(C(=O)NC)cc2[N+](=O)[O-])CC1. The van der Waals surface area contributed by atoms with Crippen LogP contribution in [0.25, 0.3) is 0 Å². The minimum Gasteiger partial charge on any atom is -0.362 e. The highest BCUT2D eigenvalue weighted by Crippen LogP contribution is 2.30. The normalized spacial score (nSPS) is 14.5. The van der Waals surface area contributed by atoms with Gasteiger partial charge in [-0.3, -0.25) is 19.7 Å². The zero-order chi connectivity index (χ0) is 17.0. The molecule has 1 heterocycles. The van der Waals surface area contributed by atoms with Gasteiger partial charge < -0.3 is 15.1 Å². The first kappa shape index (κ1) is 16.7. The molecule has 0 unspecified atom stereocenters. The molecule has 0 aliphatic carbocycles. The fourth-order valence-electron chi connectivity index (χ4n) is 2.64. The molecule has 8 heteroatoms. The van der Waals surface area contributed by atoms with Crippen LogP contribution >= 0.6 is 0 Å². The molecule has 0 bridgehead atoms. The monoisotopic (exact) mass is 320 g/mol. The molecule has 0 spiro atoms. The van der Waals surface area contributed by atoms with E-state index in [4.69, 9.17) is 0 Å². The van der Waals surface area contributed by atoms with E-state index in [-0.39, 0.29) is 23.1 Å². The summed E-state index contributed by atoms with van der Waals surface area (Å²) in [6.45, 7) is 3.97. The molecule has 1 saturated heterocycles. The van der Waals surface area contributed by atoms with Crippen molar-refractivity contribution in [1.82, 2.24) is 10.2 Å². The molecule has 1 aromatic rings. The molecular formula is C15H20N4O4. The zero-order valence-corrected chi connectivity index (χ0v) is 13.2. The fourth-order valence-corrected chi connectivity index (χ4v) is 2.64. The number of nitrogens with zero attached hydrogens (tertiary/aromatic N) is 3. The number of benzene rings is 1. The maximum atomic E-state index is 11.7. The molecule has 1 aromatic carbocycles. The Balaban J connectivity index is 2.21. The van der Waals surface area contributed by atoms with Gasteiger partial charge in [0.1, 0.15) is 5.69 Å². The highest BCUT2D eigenvalue weighted by molar-refractivity contribution is 5.95. The van der Waals surface area contributed by atoms with Crippen LogP contribution in [0.5, 0.6) is 0 Å². The average Bonchev–Trinajstić information content (AvgIpc) is 2.59. The first-order chi connectivity index (χ1) is 11.0. The van der Waals surface area contributed by atoms with Gasteiger partial charge in [-0.2, -0.15) is 0 Å². The minimum absolute atomic E-state index is 0.0918. The minimum atomic E-state index is -0.481. The van der Waals surface area contributed by atoms with E-state index in [0.29, 0.717) is 38.3 Å². The summed E-state index contributed by atoms with van der Waals surface area (Å²) in [5, 5.41) is 13.8. The number of hydrogen-bond acceptors (Lipinski definition) is 5. The van der Waals surface area contributed by atoms with Crippen LogP contribution in [-0.4, -0.2) is 54.9 Å². The van der Waals surface area contributed by atoms with Crippen LogP contribution in [0.3, 0.4) is 0 Å². The molecule has 1 fully saturated rings. The van der Waals surface area contributed by atoms with Crippen molar-refractivity contribution >= 4 is 23.2 Å². The van der Waals surface area contributed by atoms with Gasteiger partial charge in [-0.05, 0) is 12.1 Å². The Hall–Kier alpha value is -2.64. The van der Waals surface area contributed by atoms with Crippen molar-refractivity contribution in [2.75, 3.05) is 38.1 Å². The highest BCUT2D eigenvalue weighted by atomic mass is 16.6. The van der Waals surface area contributed by atoms with E-state index in [0.717, 1.165) is 0 Å². The maximum absolute atomic E-state index is 11.7. The Morgan fingerprint density at radius 1 is 1.26 bits per heavy atom. The molecule has 0 radical (unpaired) electrons. The second-order valence-electron chi connectivity index (χ2n) is 5.26. The number of carbonyl (C=O) groups is 2. The number of hydrogen-bond donors (Lipinski definition) is 1. The Kier molecular flexibility index (Phi) is 5.15. The van der Waals surface area contributed by atoms with Gasteiger partial charge in [-0.1, -0.05) is 6.92 Å². The maximum Gasteiger partial charge on any atom is 0.293 e. The zero-order valence-electron chi connectivity index (χ0n) is 13.2. The number of rotatable bonds is 4. The Labute approximate surface area is 134 Å². The lowest BCUT2D eigenvalue weighted by Gasteiger charge is -2.35. The number of nitro benzene ring substituents is 1. The first-order valence-electron chi connectivity index (χ1n) is 7.51. The number of nitro groups is 1. The van der Waals surface area contributed by atoms with E-state index in [9.17, 15) is 19.7 Å². The van der Waals surface area contributed by atoms with Gasteiger partial charge >= 0.3 is 0 Å². The van der Waals surface area contributed by atoms with E-state index in [2.05, 4.69) is 5.32 Å². The van der Waals surface area contributed by atoms with Gasteiger partial charge in [0.05, 0.1) is 4.92 Å². The number of carbonyl (C=O) groups excluding carboxylic acids is 2. The third kappa shape index (κ3) is 3.58. The molecule has 23 heavy (non-hydrogen) atoms. The summed E-state index contributed by atoms with van der Waals surface area (Å²) in [6.07, 6.45) is 0.459. The molecule has 8 nitrogen and oxygen atoms in total. The Bertz CT molecular complexity index is 624. The van der Waals surface area contributed by atoms with Gasteiger partial charge in [0.25, 0.3) is 11.6 Å². The van der Waals surface area contributed by atoms with Gasteiger partial charge in [-0.15, -0.1) is 0 Å². The Morgan fingerprint density at radius 2 is 1.91 bits per heavy atom. The van der Waals surface area contributed by atoms with Gasteiger partial charge in [0, 0.05) is 51.3 Å². The molecule has 124 valence electrons. The van der Waals surface area contributed by atoms with Crippen LogP contribution < -0.4 is 10.2 Å². The van der Waals surface area contributed by atoms with Crippen molar-refractivity contribution in [3.63, 3.8) is 0 Å².